The van der Waals surface area contributed by atoms with Crippen LogP contribution in [0, 0.1) is 0 Å². The molecule has 2 nitrogen and oxygen atoms in total. The Balaban J connectivity index is 2.37. The molecule has 0 bridgehead atoms. The first kappa shape index (κ1) is 11.7. The summed E-state index contributed by atoms with van der Waals surface area (Å²) in [7, 11) is 4.09. The highest BCUT2D eigenvalue weighted by atomic mass is 79.9. The van der Waals surface area contributed by atoms with E-state index in [9.17, 15) is 0 Å². The molecule has 3 heteroatoms. The Hall–Kier alpha value is -0.380. The summed E-state index contributed by atoms with van der Waals surface area (Å²) in [5.41, 5.74) is 1.38. The second-order valence-electron chi connectivity index (χ2n) is 3.47. The maximum atomic E-state index is 3.47. The van der Waals surface area contributed by atoms with Crippen molar-refractivity contribution in [3.63, 3.8) is 0 Å². The third-order valence-electron chi connectivity index (χ3n) is 2.10. The van der Waals surface area contributed by atoms with E-state index in [1.165, 1.54) is 5.56 Å². The lowest BCUT2D eigenvalue weighted by molar-refractivity contribution is 0.321. The molecule has 0 aliphatic carbocycles. The van der Waals surface area contributed by atoms with Crippen LogP contribution in [-0.2, 0) is 6.42 Å². The number of hydrogen-bond acceptors (Lipinski definition) is 2. The van der Waals surface area contributed by atoms with Gasteiger partial charge in [0.2, 0.25) is 0 Å². The van der Waals surface area contributed by atoms with Crippen molar-refractivity contribution in [3.8, 4) is 0 Å². The van der Waals surface area contributed by atoms with E-state index in [1.54, 1.807) is 0 Å². The van der Waals surface area contributed by atoms with Crippen molar-refractivity contribution in [3.05, 3.63) is 34.3 Å². The minimum Gasteiger partial charge on any atom is -0.307 e. The number of rotatable bonds is 5. The van der Waals surface area contributed by atoms with Crippen LogP contribution in [0.5, 0.6) is 0 Å². The zero-order valence-corrected chi connectivity index (χ0v) is 10.3. The van der Waals surface area contributed by atoms with E-state index in [2.05, 4.69) is 57.5 Å². The van der Waals surface area contributed by atoms with E-state index >= 15 is 0 Å². The number of nitrogens with one attached hydrogen (secondary N) is 1. The smallest absolute Gasteiger partial charge is 0.0475 e. The van der Waals surface area contributed by atoms with Crippen LogP contribution in [0.2, 0.25) is 0 Å². The van der Waals surface area contributed by atoms with Gasteiger partial charge in [-0.1, -0.05) is 28.1 Å². The fourth-order valence-corrected chi connectivity index (χ4v) is 1.81. The Bertz CT molecular complexity index is 276. The quantitative estimate of drug-likeness (QED) is 0.813. The zero-order valence-electron chi connectivity index (χ0n) is 8.76. The molecule has 0 atom stereocenters. The summed E-state index contributed by atoms with van der Waals surface area (Å²) in [6.07, 6.45) is 1.09. The van der Waals surface area contributed by atoms with Crippen molar-refractivity contribution in [1.29, 1.82) is 0 Å². The summed E-state index contributed by atoms with van der Waals surface area (Å²) in [6.45, 7) is 2.02. The topological polar surface area (TPSA) is 15.3 Å². The van der Waals surface area contributed by atoms with Crippen LogP contribution in [0.3, 0.4) is 0 Å². The average Bonchev–Trinajstić information content (AvgIpc) is 2.15. The SMILES string of the molecule is CNCN(C)CCc1cccc(Br)c1. The fourth-order valence-electron chi connectivity index (χ4n) is 1.36. The highest BCUT2D eigenvalue weighted by molar-refractivity contribution is 9.10. The molecule has 0 radical (unpaired) electrons. The minimum absolute atomic E-state index is 0.938. The van der Waals surface area contributed by atoms with Gasteiger partial charge in [0.25, 0.3) is 0 Å². The molecule has 0 aliphatic rings. The molecule has 14 heavy (non-hydrogen) atoms. The van der Waals surface area contributed by atoms with E-state index in [0.29, 0.717) is 0 Å². The molecule has 0 saturated carbocycles. The Morgan fingerprint density at radius 1 is 1.43 bits per heavy atom. The van der Waals surface area contributed by atoms with Crippen molar-refractivity contribution in [2.24, 2.45) is 0 Å². The Kier molecular flexibility index (Phi) is 5.15. The molecular formula is C11H17BrN2. The molecule has 0 unspecified atom stereocenters. The fraction of sp³-hybridized carbons (Fsp3) is 0.455. The van der Waals surface area contributed by atoms with Gasteiger partial charge < -0.3 is 5.32 Å². The molecular weight excluding hydrogens is 240 g/mol. The molecule has 1 rings (SSSR count). The Labute approximate surface area is 94.4 Å². The number of benzene rings is 1. The van der Waals surface area contributed by atoms with Gasteiger partial charge >= 0.3 is 0 Å². The number of nitrogens with zero attached hydrogens (tertiary/aromatic N) is 1. The molecule has 0 aliphatic heterocycles. The van der Waals surface area contributed by atoms with Crippen molar-refractivity contribution in [1.82, 2.24) is 10.2 Å². The third kappa shape index (κ3) is 4.22. The van der Waals surface area contributed by atoms with E-state index in [0.717, 1.165) is 24.1 Å². The number of hydrogen-bond donors (Lipinski definition) is 1. The Morgan fingerprint density at radius 2 is 2.21 bits per heavy atom. The second kappa shape index (κ2) is 6.17. The van der Waals surface area contributed by atoms with Crippen molar-refractivity contribution < 1.29 is 0 Å². The van der Waals surface area contributed by atoms with E-state index in [4.69, 9.17) is 0 Å². The van der Waals surface area contributed by atoms with Crippen LogP contribution in [0.4, 0.5) is 0 Å². The summed E-state index contributed by atoms with van der Waals surface area (Å²) in [4.78, 5) is 2.26. The first-order chi connectivity index (χ1) is 6.72. The van der Waals surface area contributed by atoms with E-state index in [1.807, 2.05) is 7.05 Å². The van der Waals surface area contributed by atoms with Crippen molar-refractivity contribution >= 4 is 15.9 Å². The Morgan fingerprint density at radius 3 is 2.86 bits per heavy atom. The predicted molar refractivity (Wildman–Crippen MR) is 64.4 cm³/mol. The molecule has 1 N–H and O–H groups in total. The molecule has 0 spiro atoms. The predicted octanol–water partition coefficient (Wildman–Crippen LogP) is 2.10. The second-order valence-corrected chi connectivity index (χ2v) is 4.39. The van der Waals surface area contributed by atoms with Gasteiger partial charge in [0.15, 0.2) is 0 Å². The molecule has 78 valence electrons. The highest BCUT2D eigenvalue weighted by Gasteiger charge is 1.98. The molecule has 0 heterocycles. The van der Waals surface area contributed by atoms with Crippen LogP contribution in [-0.4, -0.2) is 32.2 Å². The monoisotopic (exact) mass is 256 g/mol. The van der Waals surface area contributed by atoms with Crippen LogP contribution in [0.15, 0.2) is 28.7 Å². The molecule has 1 aromatic rings. The summed E-state index contributed by atoms with van der Waals surface area (Å²) in [5, 5.41) is 3.13. The van der Waals surface area contributed by atoms with Crippen LogP contribution in [0.1, 0.15) is 5.56 Å². The molecule has 0 amide bonds. The first-order valence-corrected chi connectivity index (χ1v) is 5.59. The molecule has 0 saturated heterocycles. The van der Waals surface area contributed by atoms with Crippen LogP contribution < -0.4 is 5.32 Å². The summed E-state index contributed by atoms with van der Waals surface area (Å²) < 4.78 is 1.16. The molecule has 1 aromatic carbocycles. The minimum atomic E-state index is 0.938. The normalized spacial score (nSPS) is 10.9. The van der Waals surface area contributed by atoms with Gasteiger partial charge in [-0.2, -0.15) is 0 Å². The van der Waals surface area contributed by atoms with Crippen molar-refractivity contribution in [2.45, 2.75) is 6.42 Å². The zero-order chi connectivity index (χ0) is 10.4. The van der Waals surface area contributed by atoms with Gasteiger partial charge in [-0.3, -0.25) is 4.90 Å². The summed E-state index contributed by atoms with van der Waals surface area (Å²) in [6, 6.07) is 8.48. The molecule has 0 fully saturated rings. The first-order valence-electron chi connectivity index (χ1n) is 4.80. The lowest BCUT2D eigenvalue weighted by Crippen LogP contribution is -2.30. The van der Waals surface area contributed by atoms with Gasteiger partial charge in [-0.25, -0.2) is 0 Å². The standard InChI is InChI=1S/C11H17BrN2/c1-13-9-14(2)7-6-10-4-3-5-11(12)8-10/h3-5,8,13H,6-7,9H2,1-2H3. The third-order valence-corrected chi connectivity index (χ3v) is 2.59. The number of halogens is 1. The number of likely N-dealkylation sites (N-methyl/N-ethyl adjacent to an activating group) is 1. The maximum absolute atomic E-state index is 3.47. The van der Waals surface area contributed by atoms with Crippen LogP contribution in [0.25, 0.3) is 0 Å². The average molecular weight is 257 g/mol. The maximum Gasteiger partial charge on any atom is 0.0475 e. The van der Waals surface area contributed by atoms with Gasteiger partial charge in [0.05, 0.1) is 0 Å². The van der Waals surface area contributed by atoms with E-state index < -0.39 is 0 Å². The summed E-state index contributed by atoms with van der Waals surface area (Å²) >= 11 is 3.47. The van der Waals surface area contributed by atoms with Crippen LogP contribution >= 0.6 is 15.9 Å². The lowest BCUT2D eigenvalue weighted by Gasteiger charge is -2.15. The van der Waals surface area contributed by atoms with Crippen molar-refractivity contribution in [2.75, 3.05) is 27.3 Å². The van der Waals surface area contributed by atoms with Gasteiger partial charge in [0.1, 0.15) is 0 Å². The largest absolute Gasteiger partial charge is 0.307 e. The van der Waals surface area contributed by atoms with Gasteiger partial charge in [-0.15, -0.1) is 0 Å². The van der Waals surface area contributed by atoms with Gasteiger partial charge in [0, 0.05) is 17.7 Å². The lowest BCUT2D eigenvalue weighted by atomic mass is 10.1. The summed E-state index contributed by atoms with van der Waals surface area (Å²) in [5.74, 6) is 0. The highest BCUT2D eigenvalue weighted by Crippen LogP contribution is 2.11. The van der Waals surface area contributed by atoms with Gasteiger partial charge in [-0.05, 0) is 38.2 Å². The molecule has 0 aromatic heterocycles. The van der Waals surface area contributed by atoms with E-state index in [-0.39, 0.29) is 0 Å².